The van der Waals surface area contributed by atoms with Crippen LogP contribution in [0.2, 0.25) is 0 Å². The molecule has 0 atom stereocenters. The Bertz CT molecular complexity index is 288. The Morgan fingerprint density at radius 2 is 0.594 bits per heavy atom. The third-order valence-corrected chi connectivity index (χ3v) is 7.44. The molecule has 0 heterocycles. The Morgan fingerprint density at radius 1 is 0.312 bits per heavy atom. The molecule has 0 aliphatic carbocycles. The van der Waals surface area contributed by atoms with Gasteiger partial charge in [-0.05, 0) is 59.3 Å². The molecule has 0 aliphatic heterocycles. The van der Waals surface area contributed by atoms with Crippen LogP contribution in [0, 0.1) is 0 Å². The molecular weight excluding hydrogens is 524 g/mol. The van der Waals surface area contributed by atoms with Crippen molar-refractivity contribution in [1.29, 1.82) is 0 Å². The van der Waals surface area contributed by atoms with Crippen molar-refractivity contribution < 1.29 is 42.9 Å². The van der Waals surface area contributed by atoms with Crippen molar-refractivity contribution in [3.8, 4) is 0 Å². The van der Waals surface area contributed by atoms with Gasteiger partial charge in [0.15, 0.2) is 0 Å². The lowest BCUT2D eigenvalue weighted by atomic mass is 10.1. The summed E-state index contributed by atoms with van der Waals surface area (Å²) in [6, 6.07) is 0. The first-order valence-corrected chi connectivity index (χ1v) is 14.2. The maximum Gasteiger partial charge on any atom is 0.0786 e. The molecule has 0 amide bonds. The number of halogens is 2. The fourth-order valence-electron chi connectivity index (χ4n) is 4.66. The van der Waals surface area contributed by atoms with Crippen molar-refractivity contribution in [3.63, 3.8) is 0 Å². The topological polar surface area (TPSA) is 0 Å². The summed E-state index contributed by atoms with van der Waals surface area (Å²) in [5.41, 5.74) is 0. The van der Waals surface area contributed by atoms with E-state index in [0.29, 0.717) is 0 Å². The minimum absolute atomic E-state index is 0. The molecule has 4 heteroatoms. The van der Waals surface area contributed by atoms with Crippen molar-refractivity contribution in [1.82, 2.24) is 0 Å². The van der Waals surface area contributed by atoms with E-state index in [0.717, 1.165) is 0 Å². The first-order valence-electron chi connectivity index (χ1n) is 14.2. The van der Waals surface area contributed by atoms with E-state index in [-0.39, 0.29) is 34.0 Å². The minimum atomic E-state index is 0. The van der Waals surface area contributed by atoms with Gasteiger partial charge in [-0.3, -0.25) is 0 Å². The molecule has 0 rings (SSSR count). The van der Waals surface area contributed by atoms with Gasteiger partial charge in [0.05, 0.1) is 52.4 Å². The van der Waals surface area contributed by atoms with Gasteiger partial charge in [0.25, 0.3) is 0 Å². The third kappa shape index (κ3) is 20.3. The maximum absolute atomic E-state index is 2.33. The van der Waals surface area contributed by atoms with Gasteiger partial charge < -0.3 is 42.9 Å². The average molecular weight is 589 g/mol. The largest absolute Gasteiger partial charge is 1.00 e. The second-order valence-corrected chi connectivity index (χ2v) is 9.72. The Kier molecular flexibility index (Phi) is 35.2. The van der Waals surface area contributed by atoms with Gasteiger partial charge in [-0.15, -0.1) is 0 Å². The summed E-state index contributed by atoms with van der Waals surface area (Å²) >= 11 is 0. The van der Waals surface area contributed by atoms with Crippen LogP contribution in [0.4, 0.5) is 0 Å². The van der Waals surface area contributed by atoms with Gasteiger partial charge in [-0.1, -0.05) is 73.1 Å². The summed E-state index contributed by atoms with van der Waals surface area (Å²) < 4.78 is 2.74. The molecule has 0 bridgehead atoms. The van der Waals surface area contributed by atoms with Crippen LogP contribution in [0.25, 0.3) is 0 Å². The van der Waals surface area contributed by atoms with E-state index in [1.54, 1.807) is 0 Å². The van der Waals surface area contributed by atoms with Gasteiger partial charge in [0, 0.05) is 0 Å². The van der Waals surface area contributed by atoms with Crippen molar-refractivity contribution in [2.45, 2.75) is 132 Å². The van der Waals surface area contributed by atoms with Crippen molar-refractivity contribution in [2.24, 2.45) is 0 Å². The van der Waals surface area contributed by atoms with E-state index in [2.05, 4.69) is 55.4 Å². The van der Waals surface area contributed by atoms with Crippen molar-refractivity contribution >= 4 is 0 Å². The van der Waals surface area contributed by atoms with Gasteiger partial charge in [0.1, 0.15) is 0 Å². The maximum atomic E-state index is 2.33. The van der Waals surface area contributed by atoms with Crippen LogP contribution < -0.4 is 34.0 Å². The zero-order valence-electron chi connectivity index (χ0n) is 23.8. The van der Waals surface area contributed by atoms with Gasteiger partial charge in [-0.2, -0.15) is 0 Å². The van der Waals surface area contributed by atoms with E-state index in [9.17, 15) is 0 Å². The molecule has 0 aromatic rings. The number of unbranched alkanes of at least 4 members (excludes halogenated alkanes) is 7. The second-order valence-electron chi connectivity index (χ2n) is 9.72. The lowest BCUT2D eigenvalue weighted by Crippen LogP contribution is -3.00. The highest BCUT2D eigenvalue weighted by atomic mass is 79.9. The van der Waals surface area contributed by atoms with Crippen LogP contribution in [0.5, 0.6) is 0 Å². The predicted molar refractivity (Wildman–Crippen MR) is 140 cm³/mol. The number of hydrogen-bond donors (Lipinski definition) is 0. The first-order chi connectivity index (χ1) is 14.5. The van der Waals surface area contributed by atoms with E-state index < -0.39 is 0 Å². The lowest BCUT2D eigenvalue weighted by molar-refractivity contribution is -0.929. The van der Waals surface area contributed by atoms with Crippen LogP contribution >= 0.6 is 0 Å². The standard InChI is InChI=1S/C16H36N.C12H28N.2BrH/c1-5-9-13-17(14-10-6-2,15-11-7-3)16-12-8-4;1-5-9-10-11-12-13(6-2,7-3)8-4;;/h5-16H2,1-4H3;5-12H2,1-4H3;2*1H/q2*+1;;/p-2. The molecule has 0 saturated carbocycles. The molecule has 0 spiro atoms. The molecule has 0 fully saturated rings. The minimum Gasteiger partial charge on any atom is -1.00 e. The summed E-state index contributed by atoms with van der Waals surface area (Å²) in [6.07, 6.45) is 16.7. The van der Waals surface area contributed by atoms with Crippen LogP contribution in [-0.2, 0) is 0 Å². The Labute approximate surface area is 227 Å². The molecular formula is C28H64Br2N2. The second kappa shape index (κ2) is 28.1. The number of hydrogen-bond acceptors (Lipinski definition) is 0. The first kappa shape index (κ1) is 40.1. The van der Waals surface area contributed by atoms with E-state index >= 15 is 0 Å². The fraction of sp³-hybridized carbons (Fsp3) is 1.00. The quantitative estimate of drug-likeness (QED) is 0.152. The van der Waals surface area contributed by atoms with Crippen LogP contribution in [0.15, 0.2) is 0 Å². The highest BCUT2D eigenvalue weighted by Crippen LogP contribution is 2.16. The van der Waals surface area contributed by atoms with Gasteiger partial charge >= 0.3 is 0 Å². The number of nitrogens with zero attached hydrogens (tertiary/aromatic N) is 2. The monoisotopic (exact) mass is 586 g/mol. The van der Waals surface area contributed by atoms with E-state index in [1.165, 1.54) is 138 Å². The molecule has 0 unspecified atom stereocenters. The Morgan fingerprint density at radius 3 is 0.844 bits per heavy atom. The number of rotatable bonds is 20. The molecule has 2 nitrogen and oxygen atoms in total. The fourth-order valence-corrected chi connectivity index (χ4v) is 4.66. The molecule has 0 saturated heterocycles. The molecule has 0 aromatic heterocycles. The highest BCUT2D eigenvalue weighted by molar-refractivity contribution is 4.49. The Hall–Kier alpha value is 0.880. The lowest BCUT2D eigenvalue weighted by Gasteiger charge is -2.39. The third-order valence-electron chi connectivity index (χ3n) is 7.44. The molecule has 0 aliphatic rings. The van der Waals surface area contributed by atoms with Crippen LogP contribution in [-0.4, -0.2) is 61.3 Å². The summed E-state index contributed by atoms with van der Waals surface area (Å²) in [5, 5.41) is 0. The summed E-state index contributed by atoms with van der Waals surface area (Å²) in [7, 11) is 0. The van der Waals surface area contributed by atoms with E-state index in [1.807, 2.05) is 0 Å². The smallest absolute Gasteiger partial charge is 0.0786 e. The summed E-state index contributed by atoms with van der Waals surface area (Å²) in [4.78, 5) is 0. The Balaban J connectivity index is -0.000000238. The molecule has 0 radical (unpaired) electrons. The zero-order chi connectivity index (χ0) is 23.1. The van der Waals surface area contributed by atoms with Gasteiger partial charge in [0.2, 0.25) is 0 Å². The molecule has 200 valence electrons. The van der Waals surface area contributed by atoms with Crippen LogP contribution in [0.1, 0.15) is 132 Å². The average Bonchev–Trinajstić information content (AvgIpc) is 2.79. The number of quaternary nitrogens is 2. The summed E-state index contributed by atoms with van der Waals surface area (Å²) in [6.45, 7) is 29.6. The van der Waals surface area contributed by atoms with Crippen LogP contribution in [0.3, 0.4) is 0 Å². The van der Waals surface area contributed by atoms with Crippen molar-refractivity contribution in [3.05, 3.63) is 0 Å². The van der Waals surface area contributed by atoms with Gasteiger partial charge in [-0.25, -0.2) is 0 Å². The van der Waals surface area contributed by atoms with Crippen molar-refractivity contribution in [2.75, 3.05) is 52.4 Å². The molecule has 0 N–H and O–H groups in total. The predicted octanol–water partition coefficient (Wildman–Crippen LogP) is 2.45. The summed E-state index contributed by atoms with van der Waals surface area (Å²) in [5.74, 6) is 0. The molecule has 32 heavy (non-hydrogen) atoms. The zero-order valence-corrected chi connectivity index (χ0v) is 27.0. The van der Waals surface area contributed by atoms with E-state index in [4.69, 9.17) is 0 Å². The SMILES string of the molecule is CCCCCC[N+](CC)(CC)CC.CCCC[N+](CCCC)(CCCC)CCCC.[Br-].[Br-]. The molecule has 0 aromatic carbocycles. The normalized spacial score (nSPS) is 11.2. The highest BCUT2D eigenvalue weighted by Gasteiger charge is 2.24.